The lowest BCUT2D eigenvalue weighted by atomic mass is 10.2. The molecule has 1 aliphatic heterocycles. The van der Waals surface area contributed by atoms with Gasteiger partial charge in [0.2, 0.25) is 0 Å². The predicted octanol–water partition coefficient (Wildman–Crippen LogP) is 2.80. The molecule has 0 amide bonds. The molecule has 2 heteroatoms. The smallest absolute Gasteiger partial charge is 0.0406 e. The fraction of sp³-hybridized carbons (Fsp3) is 0.100. The number of hydrogen-bond acceptors (Lipinski definition) is 2. The van der Waals surface area contributed by atoms with E-state index < -0.39 is 0 Å². The van der Waals surface area contributed by atoms with E-state index in [1.54, 1.807) is 0 Å². The van der Waals surface area contributed by atoms with Crippen molar-refractivity contribution in [3.05, 3.63) is 42.1 Å². The molecule has 12 heavy (non-hydrogen) atoms. The van der Waals surface area contributed by atoms with Gasteiger partial charge in [0.1, 0.15) is 0 Å². The lowest BCUT2D eigenvalue weighted by Gasteiger charge is -2.06. The zero-order valence-corrected chi connectivity index (χ0v) is 7.42. The van der Waals surface area contributed by atoms with E-state index in [-0.39, 0.29) is 0 Å². The summed E-state index contributed by atoms with van der Waals surface area (Å²) in [5, 5.41) is 0. The monoisotopic (exact) mass is 175 g/mol. The van der Waals surface area contributed by atoms with E-state index in [0.29, 0.717) is 0 Å². The first kappa shape index (κ1) is 7.62. The summed E-state index contributed by atoms with van der Waals surface area (Å²) in [6, 6.07) is 10.4. The normalized spacial score (nSPS) is 15.8. The van der Waals surface area contributed by atoms with Crippen LogP contribution in [0.25, 0.3) is 4.91 Å². The Hall–Kier alpha value is -1.02. The van der Waals surface area contributed by atoms with Gasteiger partial charge in [-0.1, -0.05) is 30.3 Å². The molecule has 0 fully saturated rings. The first-order valence-corrected chi connectivity index (χ1v) is 4.85. The second-order valence-electron chi connectivity index (χ2n) is 2.50. The van der Waals surface area contributed by atoms with Crippen LogP contribution in [-0.4, -0.2) is 12.0 Å². The number of nitrogens with zero attached hydrogens (tertiary/aromatic N) is 1. The van der Waals surface area contributed by atoms with Crippen LogP contribution in [0.15, 0.2) is 41.5 Å². The molecule has 1 heterocycles. The third kappa shape index (κ3) is 1.59. The van der Waals surface area contributed by atoms with E-state index in [1.165, 1.54) is 10.5 Å². The van der Waals surface area contributed by atoms with Crippen LogP contribution in [0.5, 0.6) is 0 Å². The van der Waals surface area contributed by atoms with E-state index in [4.69, 9.17) is 0 Å². The molecule has 0 spiro atoms. The van der Waals surface area contributed by atoms with Gasteiger partial charge in [0, 0.05) is 23.1 Å². The van der Waals surface area contributed by atoms with Crippen LogP contribution in [0.2, 0.25) is 0 Å². The predicted molar refractivity (Wildman–Crippen MR) is 55.4 cm³/mol. The molecule has 0 N–H and O–H groups in total. The van der Waals surface area contributed by atoms with Gasteiger partial charge >= 0.3 is 0 Å². The van der Waals surface area contributed by atoms with Crippen molar-refractivity contribution in [3.63, 3.8) is 0 Å². The number of thioether (sulfide) groups is 1. The van der Waals surface area contributed by atoms with Crippen LogP contribution in [-0.2, 0) is 0 Å². The summed E-state index contributed by atoms with van der Waals surface area (Å²) in [6.07, 6.45) is 3.85. The third-order valence-corrected chi connectivity index (χ3v) is 2.64. The molecule has 0 radical (unpaired) electrons. The average molecular weight is 175 g/mol. The second kappa shape index (κ2) is 3.59. The summed E-state index contributed by atoms with van der Waals surface area (Å²) in [5.41, 5.74) is 1.26. The Morgan fingerprint density at radius 1 is 1.17 bits per heavy atom. The Labute approximate surface area is 76.2 Å². The quantitative estimate of drug-likeness (QED) is 0.639. The molecule has 0 aliphatic carbocycles. The Morgan fingerprint density at radius 2 is 2.00 bits per heavy atom. The number of rotatable bonds is 1. The highest BCUT2D eigenvalue weighted by atomic mass is 32.2. The molecule has 0 unspecified atom stereocenters. The zero-order valence-electron chi connectivity index (χ0n) is 6.60. The molecular weight excluding hydrogens is 166 g/mol. The van der Waals surface area contributed by atoms with Gasteiger partial charge in [-0.25, -0.2) is 0 Å². The zero-order chi connectivity index (χ0) is 8.23. The molecule has 0 bridgehead atoms. The number of hydrogen-bond donors (Lipinski definition) is 0. The first-order chi connectivity index (χ1) is 5.97. The van der Waals surface area contributed by atoms with Gasteiger partial charge < -0.3 is 0 Å². The van der Waals surface area contributed by atoms with Crippen LogP contribution in [0, 0.1) is 0 Å². The fourth-order valence-electron chi connectivity index (χ4n) is 1.09. The van der Waals surface area contributed by atoms with Gasteiger partial charge in [-0.05, 0) is 5.56 Å². The molecule has 0 aromatic heterocycles. The highest BCUT2D eigenvalue weighted by Gasteiger charge is 2.02. The van der Waals surface area contributed by atoms with Crippen LogP contribution < -0.4 is 0 Å². The minimum absolute atomic E-state index is 0.987. The number of benzene rings is 1. The summed E-state index contributed by atoms with van der Waals surface area (Å²) >= 11 is 1.83. The largest absolute Gasteiger partial charge is 0.267 e. The van der Waals surface area contributed by atoms with Crippen LogP contribution >= 0.6 is 11.8 Å². The molecule has 1 aliphatic rings. The van der Waals surface area contributed by atoms with Crippen molar-refractivity contribution < 1.29 is 0 Å². The first-order valence-electron chi connectivity index (χ1n) is 3.87. The summed E-state index contributed by atoms with van der Waals surface area (Å²) in [4.78, 5) is 5.39. The van der Waals surface area contributed by atoms with E-state index in [9.17, 15) is 0 Å². The Morgan fingerprint density at radius 3 is 2.67 bits per heavy atom. The Balaban J connectivity index is 2.31. The molecule has 0 atom stereocenters. The maximum absolute atomic E-state index is 4.13. The molecule has 0 saturated heterocycles. The molecule has 1 aromatic rings. The van der Waals surface area contributed by atoms with E-state index in [1.807, 2.05) is 30.2 Å². The van der Waals surface area contributed by atoms with E-state index in [0.717, 1.165) is 5.75 Å². The van der Waals surface area contributed by atoms with Crippen molar-refractivity contribution in [1.82, 2.24) is 0 Å². The lowest BCUT2D eigenvalue weighted by molar-refractivity contribution is 1.56. The van der Waals surface area contributed by atoms with E-state index in [2.05, 4.69) is 29.3 Å². The highest BCUT2D eigenvalue weighted by molar-refractivity contribution is 8.08. The molecule has 0 saturated carbocycles. The molecule has 60 valence electrons. The summed E-state index contributed by atoms with van der Waals surface area (Å²) in [6.45, 7) is 0. The topological polar surface area (TPSA) is 12.4 Å². The van der Waals surface area contributed by atoms with Crippen molar-refractivity contribution in [1.29, 1.82) is 0 Å². The average Bonchev–Trinajstić information content (AvgIpc) is 2.21. The van der Waals surface area contributed by atoms with Crippen LogP contribution in [0.4, 0.5) is 0 Å². The third-order valence-electron chi connectivity index (χ3n) is 1.67. The van der Waals surface area contributed by atoms with E-state index >= 15 is 0 Å². The summed E-state index contributed by atoms with van der Waals surface area (Å²) < 4.78 is 0. The molecular formula is C10H9NS. The molecule has 1 nitrogen and oxygen atoms in total. The Kier molecular flexibility index (Phi) is 2.28. The number of aliphatic imine (C=N–C) groups is 1. The summed E-state index contributed by atoms with van der Waals surface area (Å²) in [7, 11) is 0. The van der Waals surface area contributed by atoms with Crippen molar-refractivity contribution in [2.45, 2.75) is 0 Å². The molecule has 2 rings (SSSR count). The van der Waals surface area contributed by atoms with Crippen molar-refractivity contribution in [2.24, 2.45) is 4.99 Å². The van der Waals surface area contributed by atoms with Crippen LogP contribution in [0.3, 0.4) is 0 Å². The molecule has 1 aromatic carbocycles. The summed E-state index contributed by atoms with van der Waals surface area (Å²) in [5.74, 6) is 0.987. The SMILES string of the molecule is C1=NC=C(c2ccccc2)SC1. The maximum Gasteiger partial charge on any atom is 0.0406 e. The van der Waals surface area contributed by atoms with Gasteiger partial charge in [0.05, 0.1) is 0 Å². The standard InChI is InChI=1S/C10H9NS/c1-2-4-9(5-3-1)10-8-11-6-7-12-10/h1-6,8H,7H2. The fourth-order valence-corrected chi connectivity index (χ4v) is 1.87. The van der Waals surface area contributed by atoms with Gasteiger partial charge in [0.15, 0.2) is 0 Å². The van der Waals surface area contributed by atoms with Crippen molar-refractivity contribution in [2.75, 3.05) is 5.75 Å². The van der Waals surface area contributed by atoms with Gasteiger partial charge in [-0.15, -0.1) is 11.8 Å². The minimum atomic E-state index is 0.987. The van der Waals surface area contributed by atoms with Gasteiger partial charge in [-0.3, -0.25) is 4.99 Å². The van der Waals surface area contributed by atoms with Crippen LogP contribution in [0.1, 0.15) is 5.56 Å². The van der Waals surface area contributed by atoms with Crippen molar-refractivity contribution >= 4 is 22.9 Å². The lowest BCUT2D eigenvalue weighted by Crippen LogP contribution is -1.88. The second-order valence-corrected chi connectivity index (χ2v) is 3.56. The van der Waals surface area contributed by atoms with Gasteiger partial charge in [-0.2, -0.15) is 0 Å². The highest BCUT2D eigenvalue weighted by Crippen LogP contribution is 2.28. The Bertz CT molecular complexity index is 314. The maximum atomic E-state index is 4.13. The van der Waals surface area contributed by atoms with Crippen molar-refractivity contribution in [3.8, 4) is 0 Å². The minimum Gasteiger partial charge on any atom is -0.267 e. The van der Waals surface area contributed by atoms with Gasteiger partial charge in [0.25, 0.3) is 0 Å².